The number of anilines is 1. The van der Waals surface area contributed by atoms with Crippen LogP contribution in [0.3, 0.4) is 0 Å². The molecule has 3 aromatic rings. The molecule has 0 unspecified atom stereocenters. The number of sulfonamides is 1. The van der Waals surface area contributed by atoms with Gasteiger partial charge in [-0.15, -0.1) is 0 Å². The smallest absolute Gasteiger partial charge is 0.433 e. The maximum Gasteiger partial charge on any atom is 0.433 e. The summed E-state index contributed by atoms with van der Waals surface area (Å²) in [6.45, 7) is 0.929. The number of fused-ring (bicyclic) bond motifs is 1. The van der Waals surface area contributed by atoms with E-state index in [0.717, 1.165) is 28.6 Å². The van der Waals surface area contributed by atoms with Gasteiger partial charge in [-0.1, -0.05) is 19.1 Å². The highest BCUT2D eigenvalue weighted by Gasteiger charge is 2.38. The summed E-state index contributed by atoms with van der Waals surface area (Å²) < 4.78 is 113. The van der Waals surface area contributed by atoms with Gasteiger partial charge in [0.05, 0.1) is 34.3 Å². The van der Waals surface area contributed by atoms with Gasteiger partial charge in [-0.05, 0) is 55.0 Å². The van der Waals surface area contributed by atoms with E-state index in [1.165, 1.54) is 31.2 Å². The van der Waals surface area contributed by atoms with Crippen LogP contribution in [0.4, 0.5) is 32.0 Å². The number of ether oxygens (including phenoxy) is 1. The van der Waals surface area contributed by atoms with Crippen molar-refractivity contribution in [2.24, 2.45) is 5.92 Å². The molecule has 1 N–H and O–H groups in total. The lowest BCUT2D eigenvalue weighted by Crippen LogP contribution is -2.44. The number of aromatic nitrogens is 1. The van der Waals surface area contributed by atoms with Crippen molar-refractivity contribution in [1.29, 1.82) is 0 Å². The molecule has 0 saturated heterocycles. The number of hydrogen-bond acceptors (Lipinski definition) is 5. The highest BCUT2D eigenvalue weighted by molar-refractivity contribution is 7.92. The molecule has 4 rings (SSSR count). The molecule has 0 aliphatic carbocycles. The summed E-state index contributed by atoms with van der Waals surface area (Å²) in [5, 5.41) is 9.28. The minimum atomic E-state index is -4.82. The van der Waals surface area contributed by atoms with Crippen LogP contribution in [-0.4, -0.2) is 37.1 Å². The second-order valence-electron chi connectivity index (χ2n) is 8.86. The zero-order valence-electron chi connectivity index (χ0n) is 20.0. The normalized spacial score (nSPS) is 16.8. The van der Waals surface area contributed by atoms with E-state index in [9.17, 15) is 44.7 Å². The number of aliphatic carboxylic acids is 1. The molecule has 1 aliphatic heterocycles. The van der Waals surface area contributed by atoms with E-state index in [1.807, 2.05) is 0 Å². The highest BCUT2D eigenvalue weighted by atomic mass is 32.2. The van der Waals surface area contributed by atoms with E-state index in [-0.39, 0.29) is 29.1 Å². The van der Waals surface area contributed by atoms with E-state index in [0.29, 0.717) is 12.1 Å². The third kappa shape index (κ3) is 5.95. The summed E-state index contributed by atoms with van der Waals surface area (Å²) in [6, 6.07) is 10.1. The lowest BCUT2D eigenvalue weighted by molar-refractivity contribution is -0.142. The first kappa shape index (κ1) is 28.2. The molecule has 2 atom stereocenters. The zero-order valence-corrected chi connectivity index (χ0v) is 20.8. The zero-order chi connectivity index (χ0) is 28.8. The molecule has 2 aromatic carbocycles. The van der Waals surface area contributed by atoms with Crippen molar-refractivity contribution in [3.63, 3.8) is 0 Å². The maximum absolute atomic E-state index is 13.7. The van der Waals surface area contributed by atoms with Crippen LogP contribution in [0.15, 0.2) is 65.6 Å². The first-order valence-corrected chi connectivity index (χ1v) is 12.8. The number of alkyl halides is 6. The van der Waals surface area contributed by atoms with Crippen molar-refractivity contribution in [3.8, 4) is 17.0 Å². The molecule has 2 heterocycles. The SMILES string of the molecule is C[C@@H](C[C@H]1CN(S(=O)(=O)c2cccc(C(F)(F)F)c2)c2cc(-c3cccc(C(F)(F)F)n3)ccc2O1)C(=O)O. The predicted molar refractivity (Wildman–Crippen MR) is 126 cm³/mol. The van der Waals surface area contributed by atoms with E-state index in [1.54, 1.807) is 0 Å². The summed E-state index contributed by atoms with van der Waals surface area (Å²) in [6.07, 6.45) is -10.7. The number of carboxylic acids is 1. The van der Waals surface area contributed by atoms with Crippen molar-refractivity contribution in [2.45, 2.75) is 36.7 Å². The molecule has 7 nitrogen and oxygen atoms in total. The Bertz CT molecular complexity index is 1510. The summed E-state index contributed by atoms with van der Waals surface area (Å²) in [4.78, 5) is 14.3. The van der Waals surface area contributed by atoms with E-state index >= 15 is 0 Å². The lowest BCUT2D eigenvalue weighted by atomic mass is 10.0. The van der Waals surface area contributed by atoms with Crippen LogP contribution in [-0.2, 0) is 27.2 Å². The van der Waals surface area contributed by atoms with Crippen molar-refractivity contribution < 1.29 is 49.4 Å². The molecule has 0 amide bonds. The van der Waals surface area contributed by atoms with Crippen LogP contribution in [0.2, 0.25) is 0 Å². The van der Waals surface area contributed by atoms with Gasteiger partial charge in [-0.25, -0.2) is 13.4 Å². The largest absolute Gasteiger partial charge is 0.486 e. The van der Waals surface area contributed by atoms with Crippen molar-refractivity contribution in [2.75, 3.05) is 10.8 Å². The fraction of sp³-hybridized carbons (Fsp3) is 0.280. The maximum atomic E-state index is 13.7. The molecule has 0 radical (unpaired) electrons. The first-order valence-electron chi connectivity index (χ1n) is 11.4. The molecule has 0 saturated carbocycles. The van der Waals surface area contributed by atoms with E-state index in [2.05, 4.69) is 4.98 Å². The second kappa shape index (κ2) is 10.1. The Morgan fingerprint density at radius 3 is 2.38 bits per heavy atom. The van der Waals surface area contributed by atoms with E-state index < -0.39 is 63.1 Å². The quantitative estimate of drug-likeness (QED) is 0.371. The van der Waals surface area contributed by atoms with Crippen LogP contribution in [0.25, 0.3) is 11.3 Å². The van der Waals surface area contributed by atoms with Gasteiger partial charge < -0.3 is 9.84 Å². The van der Waals surface area contributed by atoms with Crippen molar-refractivity contribution in [3.05, 3.63) is 71.9 Å². The van der Waals surface area contributed by atoms with Gasteiger partial charge in [-0.3, -0.25) is 9.10 Å². The Hall–Kier alpha value is -3.81. The minimum Gasteiger partial charge on any atom is -0.486 e. The fourth-order valence-electron chi connectivity index (χ4n) is 4.03. The molecule has 208 valence electrons. The molecule has 0 bridgehead atoms. The monoisotopic (exact) mass is 574 g/mol. The third-order valence-corrected chi connectivity index (χ3v) is 7.79. The van der Waals surface area contributed by atoms with Crippen LogP contribution in [0, 0.1) is 5.92 Å². The number of hydrogen-bond donors (Lipinski definition) is 1. The highest BCUT2D eigenvalue weighted by Crippen LogP contribution is 2.41. The van der Waals surface area contributed by atoms with Gasteiger partial charge in [0.15, 0.2) is 0 Å². The summed E-state index contributed by atoms with van der Waals surface area (Å²) >= 11 is 0. The average Bonchev–Trinajstić information content (AvgIpc) is 2.87. The van der Waals surface area contributed by atoms with Crippen LogP contribution >= 0.6 is 0 Å². The topological polar surface area (TPSA) is 96.8 Å². The Morgan fingerprint density at radius 1 is 1.05 bits per heavy atom. The molecule has 14 heteroatoms. The fourth-order valence-corrected chi connectivity index (χ4v) is 5.58. The summed E-state index contributed by atoms with van der Waals surface area (Å²) in [7, 11) is -4.67. The van der Waals surface area contributed by atoms with Gasteiger partial charge in [0, 0.05) is 5.56 Å². The number of halogens is 6. The molecule has 39 heavy (non-hydrogen) atoms. The molecule has 1 aromatic heterocycles. The lowest BCUT2D eigenvalue weighted by Gasteiger charge is -2.36. The van der Waals surface area contributed by atoms with Crippen molar-refractivity contribution in [1.82, 2.24) is 4.98 Å². The Morgan fingerprint density at radius 2 is 1.74 bits per heavy atom. The van der Waals surface area contributed by atoms with Gasteiger partial charge in [0.1, 0.15) is 17.5 Å². The average molecular weight is 574 g/mol. The molecule has 1 aliphatic rings. The number of carbonyl (C=O) groups is 1. The number of pyridine rings is 1. The van der Waals surface area contributed by atoms with Crippen molar-refractivity contribution >= 4 is 21.7 Å². The first-order chi connectivity index (χ1) is 18.1. The van der Waals surface area contributed by atoms with Crippen LogP contribution in [0.5, 0.6) is 5.75 Å². The number of rotatable bonds is 6. The Kier molecular flexibility index (Phi) is 7.27. The van der Waals surface area contributed by atoms with Gasteiger partial charge in [-0.2, -0.15) is 26.3 Å². The number of carboxylic acid groups (broad SMARTS) is 1. The van der Waals surface area contributed by atoms with Gasteiger partial charge in [0.25, 0.3) is 10.0 Å². The number of nitrogens with zero attached hydrogens (tertiary/aromatic N) is 2. The van der Waals surface area contributed by atoms with Gasteiger partial charge >= 0.3 is 18.3 Å². The summed E-state index contributed by atoms with van der Waals surface area (Å²) in [5.41, 5.74) is -2.57. The standard InChI is InChI=1S/C25H20F6N2O5S/c1-14(23(34)35)10-17-13-33(39(36,37)18-5-2-4-16(12-18)24(26,27)28)20-11-15(8-9-21(20)38-17)19-6-3-7-22(32-19)25(29,30)31/h2-9,11-12,14,17H,10,13H2,1H3,(H,34,35)/t14-,17-/m0/s1. The van der Waals surface area contributed by atoms with Gasteiger partial charge in [0.2, 0.25) is 0 Å². The Labute approximate surface area is 218 Å². The van der Waals surface area contributed by atoms with E-state index in [4.69, 9.17) is 4.74 Å². The molecular formula is C25H20F6N2O5S. The minimum absolute atomic E-state index is 0.0462. The molecule has 0 spiro atoms. The van der Waals surface area contributed by atoms with Crippen LogP contribution < -0.4 is 9.04 Å². The van der Waals surface area contributed by atoms with Crippen LogP contribution in [0.1, 0.15) is 24.6 Å². The molecular weight excluding hydrogens is 554 g/mol. The second-order valence-corrected chi connectivity index (χ2v) is 10.7. The predicted octanol–water partition coefficient (Wildman–Crippen LogP) is 5.85. The Balaban J connectivity index is 1.83. The molecule has 0 fully saturated rings. The summed E-state index contributed by atoms with van der Waals surface area (Å²) in [5.74, 6) is -2.15. The number of benzene rings is 2. The third-order valence-electron chi connectivity index (χ3n) is 6.01.